The number of ether oxygens (including phenoxy) is 1. The highest BCUT2D eigenvalue weighted by molar-refractivity contribution is 6.08. The fourth-order valence-corrected chi connectivity index (χ4v) is 2.87. The molecule has 0 aromatic carbocycles. The van der Waals surface area contributed by atoms with Crippen molar-refractivity contribution in [3.8, 4) is 5.88 Å². The number of hydrogen-bond acceptors (Lipinski definition) is 5. The van der Waals surface area contributed by atoms with Gasteiger partial charge in [-0.3, -0.25) is 4.79 Å². The number of fused-ring (bicyclic) bond motifs is 3. The van der Waals surface area contributed by atoms with Crippen LogP contribution in [0.4, 0.5) is 16.0 Å². The second kappa shape index (κ2) is 6.39. The zero-order valence-corrected chi connectivity index (χ0v) is 13.3. The zero-order valence-electron chi connectivity index (χ0n) is 13.3. The molecule has 0 fully saturated rings. The summed E-state index contributed by atoms with van der Waals surface area (Å²) in [6, 6.07) is 8.83. The van der Waals surface area contributed by atoms with Crippen LogP contribution in [-0.2, 0) is 6.42 Å². The third kappa shape index (κ3) is 2.98. The maximum Gasteiger partial charge on any atom is 0.253 e. The smallest absolute Gasteiger partial charge is 0.253 e. The summed E-state index contributed by atoms with van der Waals surface area (Å²) < 4.78 is 17.4. The number of nitrogens with one attached hydrogen (secondary N) is 3. The maximum atomic E-state index is 12.2. The van der Waals surface area contributed by atoms with Crippen LogP contribution in [0.3, 0.4) is 0 Å². The normalized spacial score (nSPS) is 13.4. The van der Waals surface area contributed by atoms with Gasteiger partial charge in [0.05, 0.1) is 5.56 Å². The number of halogens is 1. The largest absolute Gasteiger partial charge is 0.475 e. The van der Waals surface area contributed by atoms with Crippen molar-refractivity contribution >= 4 is 28.6 Å². The topological polar surface area (TPSA) is 91.9 Å². The summed E-state index contributed by atoms with van der Waals surface area (Å²) in [4.78, 5) is 24.0. The van der Waals surface area contributed by atoms with Gasteiger partial charge in [0.25, 0.3) is 5.91 Å². The minimum absolute atomic E-state index is 0.0310. The molecule has 128 valence electrons. The lowest BCUT2D eigenvalue weighted by Crippen LogP contribution is -2.31. The Morgan fingerprint density at radius 3 is 2.96 bits per heavy atom. The molecule has 0 spiro atoms. The van der Waals surface area contributed by atoms with Crippen molar-refractivity contribution in [1.29, 1.82) is 0 Å². The molecule has 0 atom stereocenters. The van der Waals surface area contributed by atoms with Gasteiger partial charge in [-0.05, 0) is 18.2 Å². The number of rotatable bonds is 5. The molecule has 25 heavy (non-hydrogen) atoms. The molecular weight excluding hydrogens is 325 g/mol. The van der Waals surface area contributed by atoms with Gasteiger partial charge in [0.2, 0.25) is 5.88 Å². The molecule has 0 saturated heterocycles. The van der Waals surface area contributed by atoms with E-state index in [1.165, 1.54) is 0 Å². The van der Waals surface area contributed by atoms with Crippen LogP contribution < -0.4 is 15.4 Å². The van der Waals surface area contributed by atoms with E-state index >= 15 is 0 Å². The van der Waals surface area contributed by atoms with Crippen LogP contribution in [0.15, 0.2) is 30.3 Å². The third-order valence-electron chi connectivity index (χ3n) is 3.93. The molecule has 3 aromatic rings. The van der Waals surface area contributed by atoms with Crippen molar-refractivity contribution in [2.24, 2.45) is 0 Å². The number of anilines is 2. The number of amides is 1. The highest BCUT2D eigenvalue weighted by Gasteiger charge is 2.22. The summed E-state index contributed by atoms with van der Waals surface area (Å²) in [6.07, 6.45) is 0.760. The molecule has 7 nitrogen and oxygen atoms in total. The molecule has 4 rings (SSSR count). The zero-order chi connectivity index (χ0) is 17.2. The number of pyridine rings is 2. The van der Waals surface area contributed by atoms with E-state index < -0.39 is 6.67 Å². The molecule has 1 aliphatic rings. The number of aromatic nitrogens is 3. The molecule has 0 saturated carbocycles. The first-order valence-electron chi connectivity index (χ1n) is 7.97. The van der Waals surface area contributed by atoms with Crippen molar-refractivity contribution < 1.29 is 13.9 Å². The second-order valence-electron chi connectivity index (χ2n) is 5.60. The van der Waals surface area contributed by atoms with E-state index in [1.54, 1.807) is 24.3 Å². The molecule has 1 aliphatic heterocycles. The van der Waals surface area contributed by atoms with Gasteiger partial charge in [-0.2, -0.15) is 4.98 Å². The standard InChI is InChI=1S/C17H16FN5O2/c18-7-9-25-14-3-1-2-12(22-14)21-13-5-4-10-15-11(20-16(10)23-13)6-8-19-17(15)24/h1-5H,6-9H2,(H,19,24)(H2,20,21,22,23). The Morgan fingerprint density at radius 1 is 1.20 bits per heavy atom. The van der Waals surface area contributed by atoms with Gasteiger partial charge in [-0.15, -0.1) is 0 Å². The molecular formula is C17H16FN5O2. The van der Waals surface area contributed by atoms with Crippen LogP contribution in [0.1, 0.15) is 16.1 Å². The van der Waals surface area contributed by atoms with Crippen LogP contribution in [0, 0.1) is 0 Å². The van der Waals surface area contributed by atoms with E-state index in [1.807, 2.05) is 6.07 Å². The van der Waals surface area contributed by atoms with Crippen molar-refractivity contribution in [3.63, 3.8) is 0 Å². The lowest BCUT2D eigenvalue weighted by atomic mass is 10.1. The molecule has 8 heteroatoms. The first kappa shape index (κ1) is 15.4. The monoisotopic (exact) mass is 341 g/mol. The first-order valence-corrected chi connectivity index (χ1v) is 7.97. The molecule has 0 bridgehead atoms. The van der Waals surface area contributed by atoms with Gasteiger partial charge in [0.15, 0.2) is 0 Å². The number of H-pyrrole nitrogens is 1. The van der Waals surface area contributed by atoms with Crippen LogP contribution in [0.25, 0.3) is 11.0 Å². The Balaban J connectivity index is 1.61. The summed E-state index contributed by atoms with van der Waals surface area (Å²) in [5, 5.41) is 6.73. The molecule has 0 unspecified atom stereocenters. The Kier molecular flexibility index (Phi) is 3.93. The second-order valence-corrected chi connectivity index (χ2v) is 5.60. The maximum absolute atomic E-state index is 12.2. The van der Waals surface area contributed by atoms with Crippen LogP contribution in [0.5, 0.6) is 5.88 Å². The van der Waals surface area contributed by atoms with Gasteiger partial charge in [0.1, 0.15) is 30.6 Å². The van der Waals surface area contributed by atoms with E-state index in [2.05, 4.69) is 25.6 Å². The summed E-state index contributed by atoms with van der Waals surface area (Å²) in [7, 11) is 0. The molecule has 0 aliphatic carbocycles. The number of alkyl halides is 1. The first-order chi connectivity index (χ1) is 12.2. The lowest BCUT2D eigenvalue weighted by Gasteiger charge is -2.11. The van der Waals surface area contributed by atoms with Crippen LogP contribution in [-0.4, -0.2) is 40.7 Å². The minimum atomic E-state index is -0.567. The van der Waals surface area contributed by atoms with E-state index in [9.17, 15) is 9.18 Å². The molecule has 0 radical (unpaired) electrons. The third-order valence-corrected chi connectivity index (χ3v) is 3.93. The number of aromatic amines is 1. The van der Waals surface area contributed by atoms with E-state index in [0.717, 1.165) is 17.5 Å². The average molecular weight is 341 g/mol. The van der Waals surface area contributed by atoms with E-state index in [-0.39, 0.29) is 12.5 Å². The molecule has 3 N–H and O–H groups in total. The minimum Gasteiger partial charge on any atom is -0.475 e. The fraction of sp³-hybridized carbons (Fsp3) is 0.235. The van der Waals surface area contributed by atoms with E-state index in [0.29, 0.717) is 35.3 Å². The van der Waals surface area contributed by atoms with Gasteiger partial charge >= 0.3 is 0 Å². The highest BCUT2D eigenvalue weighted by Crippen LogP contribution is 2.26. The van der Waals surface area contributed by atoms with Crippen LogP contribution >= 0.6 is 0 Å². The van der Waals surface area contributed by atoms with Gasteiger partial charge < -0.3 is 20.4 Å². The Labute approximate surface area is 142 Å². The summed E-state index contributed by atoms with van der Waals surface area (Å²) >= 11 is 0. The number of carbonyl (C=O) groups excluding carboxylic acids is 1. The lowest BCUT2D eigenvalue weighted by molar-refractivity contribution is 0.0947. The quantitative estimate of drug-likeness (QED) is 0.662. The fourth-order valence-electron chi connectivity index (χ4n) is 2.87. The summed E-state index contributed by atoms with van der Waals surface area (Å²) in [5.74, 6) is 1.39. The molecule has 1 amide bonds. The van der Waals surface area contributed by atoms with Crippen molar-refractivity contribution in [3.05, 3.63) is 41.6 Å². The molecule has 4 heterocycles. The summed E-state index contributed by atoms with van der Waals surface area (Å²) in [6.45, 7) is 0.0265. The molecule has 3 aromatic heterocycles. The number of carbonyl (C=O) groups is 1. The average Bonchev–Trinajstić information content (AvgIpc) is 2.99. The number of hydrogen-bond donors (Lipinski definition) is 3. The highest BCUT2D eigenvalue weighted by atomic mass is 19.1. The Morgan fingerprint density at radius 2 is 2.08 bits per heavy atom. The SMILES string of the molecule is O=C1NCCc2[nH]c3nc(Nc4cccc(OCCF)n4)ccc3c21. The van der Waals surface area contributed by atoms with Gasteiger partial charge in [0, 0.05) is 30.1 Å². The van der Waals surface area contributed by atoms with Crippen LogP contribution in [0.2, 0.25) is 0 Å². The predicted octanol–water partition coefficient (Wildman–Crippen LogP) is 2.34. The van der Waals surface area contributed by atoms with Crippen molar-refractivity contribution in [2.75, 3.05) is 25.1 Å². The Bertz CT molecular complexity index is 940. The van der Waals surface area contributed by atoms with E-state index in [4.69, 9.17) is 4.74 Å². The number of nitrogens with zero attached hydrogens (tertiary/aromatic N) is 2. The van der Waals surface area contributed by atoms with Crippen molar-refractivity contribution in [1.82, 2.24) is 20.3 Å². The Hall–Kier alpha value is -3.16. The predicted molar refractivity (Wildman–Crippen MR) is 91.1 cm³/mol. The summed E-state index contributed by atoms with van der Waals surface area (Å²) in [5.41, 5.74) is 2.22. The van der Waals surface area contributed by atoms with Crippen molar-refractivity contribution in [2.45, 2.75) is 6.42 Å². The van der Waals surface area contributed by atoms with Gasteiger partial charge in [-0.1, -0.05) is 6.07 Å². The van der Waals surface area contributed by atoms with Gasteiger partial charge in [-0.25, -0.2) is 9.37 Å².